The van der Waals surface area contributed by atoms with Crippen molar-refractivity contribution in [3.63, 3.8) is 0 Å². The Morgan fingerprint density at radius 1 is 1.30 bits per heavy atom. The third-order valence-electron chi connectivity index (χ3n) is 1.25. The van der Waals surface area contributed by atoms with Gasteiger partial charge in [-0.15, -0.1) is 0 Å². The second-order valence-corrected chi connectivity index (χ2v) is 4.14. The Balaban J connectivity index is 0. The molecule has 0 N–H and O–H groups in total. The smallest absolute Gasteiger partial charge is 0.687 e. The van der Waals surface area contributed by atoms with Gasteiger partial charge >= 0.3 is 19.5 Å². The van der Waals surface area contributed by atoms with Gasteiger partial charge in [-0.3, -0.25) is 0 Å². The Bertz CT molecular complexity index is 83.5. The van der Waals surface area contributed by atoms with Crippen LogP contribution in [0.5, 0.6) is 0 Å². The second kappa shape index (κ2) is 5.57. The first-order valence-electron chi connectivity index (χ1n) is 3.00. The van der Waals surface area contributed by atoms with E-state index in [1.807, 2.05) is 6.92 Å². The van der Waals surface area contributed by atoms with Crippen molar-refractivity contribution in [3.8, 4) is 0 Å². The molecule has 0 aromatic heterocycles. The first kappa shape index (κ1) is 13.5. The zero-order chi connectivity index (χ0) is 7.49. The van der Waals surface area contributed by atoms with Gasteiger partial charge in [-0.25, -0.2) is 0 Å². The van der Waals surface area contributed by atoms with Crippen molar-refractivity contribution in [3.05, 3.63) is 0 Å². The minimum absolute atomic E-state index is 0. The minimum Gasteiger partial charge on any atom is -0.687 e. The quantitative estimate of drug-likeness (QED) is 0.449. The van der Waals surface area contributed by atoms with Crippen LogP contribution in [0.1, 0.15) is 26.7 Å². The van der Waals surface area contributed by atoms with Gasteiger partial charge in [0.1, 0.15) is 0 Å². The van der Waals surface area contributed by atoms with Gasteiger partial charge in [0.05, 0.1) is 5.66 Å². The van der Waals surface area contributed by atoms with E-state index in [1.165, 1.54) is 6.92 Å². The summed E-state index contributed by atoms with van der Waals surface area (Å²) >= 11 is 0. The van der Waals surface area contributed by atoms with Crippen LogP contribution in [0.25, 0.3) is 0 Å². The SMILES string of the molecule is CCCC(C)[P+]([O-])([O-])[O-].[Zn+2]. The molecular weight excluding hydrogens is 204 g/mol. The van der Waals surface area contributed by atoms with E-state index in [1.54, 1.807) is 0 Å². The van der Waals surface area contributed by atoms with E-state index in [0.29, 0.717) is 6.42 Å². The first-order chi connectivity index (χ1) is 3.98. The summed E-state index contributed by atoms with van der Waals surface area (Å²) < 4.78 is 0. The van der Waals surface area contributed by atoms with Crippen molar-refractivity contribution in [1.29, 1.82) is 0 Å². The molecule has 0 amide bonds. The van der Waals surface area contributed by atoms with Gasteiger partial charge in [-0.05, 0) is 13.3 Å². The molecule has 0 aliphatic carbocycles. The fourth-order valence-electron chi connectivity index (χ4n) is 0.576. The Kier molecular flexibility index (Phi) is 7.53. The summed E-state index contributed by atoms with van der Waals surface area (Å²) in [4.78, 5) is 30.6. The molecule has 0 aliphatic rings. The normalized spacial score (nSPS) is 14.1. The summed E-state index contributed by atoms with van der Waals surface area (Å²) in [7, 11) is -4.27. The first-order valence-corrected chi connectivity index (χ1v) is 4.61. The molecule has 0 spiro atoms. The maximum absolute atomic E-state index is 10.2. The molecule has 0 aromatic carbocycles. The maximum atomic E-state index is 10.2. The number of hydrogen-bond acceptors (Lipinski definition) is 3. The minimum atomic E-state index is -4.27. The van der Waals surface area contributed by atoms with Crippen LogP contribution in [-0.2, 0) is 19.5 Å². The molecule has 56 valence electrons. The molecular formula is C5H11O3PZn. The van der Waals surface area contributed by atoms with E-state index in [0.717, 1.165) is 6.42 Å². The van der Waals surface area contributed by atoms with Gasteiger partial charge in [0.25, 0.3) is 0 Å². The van der Waals surface area contributed by atoms with Crippen molar-refractivity contribution in [1.82, 2.24) is 0 Å². The van der Waals surface area contributed by atoms with Crippen LogP contribution < -0.4 is 14.7 Å². The van der Waals surface area contributed by atoms with Gasteiger partial charge in [0.2, 0.25) is 0 Å². The molecule has 0 aromatic rings. The van der Waals surface area contributed by atoms with Crippen LogP contribution in [0, 0.1) is 0 Å². The average molecular weight is 216 g/mol. The van der Waals surface area contributed by atoms with Crippen LogP contribution in [0.4, 0.5) is 0 Å². The molecule has 0 fully saturated rings. The number of hydrogen-bond donors (Lipinski definition) is 0. The Morgan fingerprint density at radius 2 is 1.70 bits per heavy atom. The Hall–Kier alpha value is 0.933. The van der Waals surface area contributed by atoms with Gasteiger partial charge in [-0.2, -0.15) is 7.94 Å². The average Bonchev–Trinajstić information content (AvgIpc) is 1.64. The molecule has 1 atom stereocenters. The van der Waals surface area contributed by atoms with Gasteiger partial charge in [0, 0.05) is 0 Å². The summed E-state index contributed by atoms with van der Waals surface area (Å²) in [5, 5.41) is 0. The maximum Gasteiger partial charge on any atom is 2.00 e. The van der Waals surface area contributed by atoms with E-state index in [9.17, 15) is 14.7 Å². The van der Waals surface area contributed by atoms with Gasteiger partial charge < -0.3 is 14.7 Å². The van der Waals surface area contributed by atoms with Crippen molar-refractivity contribution >= 4 is 7.94 Å². The summed E-state index contributed by atoms with van der Waals surface area (Å²) in [6.45, 7) is 3.30. The molecule has 1 unspecified atom stereocenters. The van der Waals surface area contributed by atoms with E-state index in [-0.39, 0.29) is 19.5 Å². The fourth-order valence-corrected chi connectivity index (χ4v) is 1.15. The largest absolute Gasteiger partial charge is 2.00 e. The third kappa shape index (κ3) is 5.70. The molecule has 3 nitrogen and oxygen atoms in total. The fraction of sp³-hybridized carbons (Fsp3) is 1.00. The third-order valence-corrected chi connectivity index (χ3v) is 2.58. The van der Waals surface area contributed by atoms with Crippen LogP contribution in [-0.4, -0.2) is 5.66 Å². The molecule has 0 heterocycles. The Morgan fingerprint density at radius 3 is 1.80 bits per heavy atom. The monoisotopic (exact) mass is 214 g/mol. The molecule has 0 saturated carbocycles. The molecule has 10 heavy (non-hydrogen) atoms. The Labute approximate surface area is 74.8 Å². The van der Waals surface area contributed by atoms with Gasteiger partial charge in [-0.1, -0.05) is 13.3 Å². The summed E-state index contributed by atoms with van der Waals surface area (Å²) in [6, 6.07) is 0. The van der Waals surface area contributed by atoms with E-state index < -0.39 is 13.6 Å². The van der Waals surface area contributed by atoms with E-state index in [2.05, 4.69) is 0 Å². The molecule has 0 radical (unpaired) electrons. The van der Waals surface area contributed by atoms with E-state index >= 15 is 0 Å². The van der Waals surface area contributed by atoms with Crippen LogP contribution in [0.3, 0.4) is 0 Å². The summed E-state index contributed by atoms with van der Waals surface area (Å²) in [5.74, 6) is 0. The topological polar surface area (TPSA) is 69.2 Å². The van der Waals surface area contributed by atoms with Crippen LogP contribution in [0.15, 0.2) is 0 Å². The van der Waals surface area contributed by atoms with Crippen molar-refractivity contribution < 1.29 is 34.2 Å². The van der Waals surface area contributed by atoms with Crippen molar-refractivity contribution in [2.45, 2.75) is 32.3 Å². The zero-order valence-corrected chi connectivity index (χ0v) is 10.2. The molecule has 0 bridgehead atoms. The summed E-state index contributed by atoms with van der Waals surface area (Å²) in [5.41, 5.74) is -0.692. The van der Waals surface area contributed by atoms with Crippen LogP contribution >= 0.6 is 7.94 Å². The van der Waals surface area contributed by atoms with Crippen molar-refractivity contribution in [2.75, 3.05) is 0 Å². The summed E-state index contributed by atoms with van der Waals surface area (Å²) in [6.07, 6.45) is 1.22. The predicted octanol–water partition coefficient (Wildman–Crippen LogP) is -0.984. The standard InChI is InChI=1S/C5H13O3P.Zn/c1-3-4-5(2)9(6,7)8;/h5H,3-4H2,1-2H3,(H2,6,7,8);/q;+2/p-2. The predicted molar refractivity (Wildman–Crippen MR) is 31.3 cm³/mol. The van der Waals surface area contributed by atoms with Crippen LogP contribution in [0.2, 0.25) is 0 Å². The van der Waals surface area contributed by atoms with Crippen molar-refractivity contribution in [2.24, 2.45) is 0 Å². The second-order valence-electron chi connectivity index (χ2n) is 2.18. The zero-order valence-electron chi connectivity index (χ0n) is 6.37. The molecule has 5 heteroatoms. The molecule has 0 saturated heterocycles. The number of rotatable bonds is 3. The van der Waals surface area contributed by atoms with E-state index in [4.69, 9.17) is 0 Å². The molecule has 0 rings (SSSR count). The molecule has 0 aliphatic heterocycles. The van der Waals surface area contributed by atoms with Gasteiger partial charge in [0.15, 0.2) is 0 Å².